The Morgan fingerprint density at radius 3 is 2.90 bits per heavy atom. The van der Waals surface area contributed by atoms with Gasteiger partial charge in [0.05, 0.1) is 16.6 Å². The maximum absolute atomic E-state index is 11.6. The molecule has 4 heterocycles. The van der Waals surface area contributed by atoms with Gasteiger partial charge in [0.1, 0.15) is 6.10 Å². The van der Waals surface area contributed by atoms with Gasteiger partial charge in [-0.05, 0) is 43.7 Å². The minimum Gasteiger partial charge on any atom is -0.474 e. The van der Waals surface area contributed by atoms with Crippen LogP contribution in [0.25, 0.3) is 22.2 Å². The van der Waals surface area contributed by atoms with E-state index in [2.05, 4.69) is 40.6 Å². The summed E-state index contributed by atoms with van der Waals surface area (Å²) in [5.41, 5.74) is 5.57. The maximum Gasteiger partial charge on any atom is 0.225 e. The second-order valence-electron chi connectivity index (χ2n) is 8.61. The topological polar surface area (TPSA) is 72.3 Å². The molecule has 1 fully saturated rings. The van der Waals surface area contributed by atoms with Gasteiger partial charge < -0.3 is 15.0 Å². The summed E-state index contributed by atoms with van der Waals surface area (Å²) in [7, 11) is 4.06. The van der Waals surface area contributed by atoms with E-state index >= 15 is 0 Å². The van der Waals surface area contributed by atoms with Crippen molar-refractivity contribution in [3.05, 3.63) is 41.6 Å². The number of rotatable bonds is 4. The van der Waals surface area contributed by atoms with Gasteiger partial charge in [-0.15, -0.1) is 0 Å². The monoisotopic (exact) mass is 405 g/mol. The van der Waals surface area contributed by atoms with Gasteiger partial charge in [-0.1, -0.05) is 12.1 Å². The van der Waals surface area contributed by atoms with Crippen LogP contribution in [0.2, 0.25) is 0 Å². The Balaban J connectivity index is 1.52. The van der Waals surface area contributed by atoms with Crippen molar-refractivity contribution < 1.29 is 9.53 Å². The van der Waals surface area contributed by atoms with Gasteiger partial charge in [-0.2, -0.15) is 5.10 Å². The van der Waals surface area contributed by atoms with Crippen LogP contribution in [0.1, 0.15) is 24.5 Å². The third-order valence-corrected chi connectivity index (χ3v) is 6.26. The number of hydrogen-bond donors (Lipinski definition) is 1. The summed E-state index contributed by atoms with van der Waals surface area (Å²) in [4.78, 5) is 18.8. The predicted molar refractivity (Wildman–Crippen MR) is 115 cm³/mol. The van der Waals surface area contributed by atoms with Gasteiger partial charge in [0.25, 0.3) is 0 Å². The van der Waals surface area contributed by atoms with Crippen molar-refractivity contribution in [1.29, 1.82) is 0 Å². The van der Waals surface area contributed by atoms with E-state index in [1.165, 1.54) is 11.1 Å². The molecule has 156 valence electrons. The number of likely N-dealkylation sites (N-methyl/N-ethyl adjacent to an activating group) is 1. The normalized spacial score (nSPS) is 20.2. The molecule has 0 radical (unpaired) electrons. The molecule has 3 aromatic rings. The van der Waals surface area contributed by atoms with Crippen molar-refractivity contribution >= 4 is 16.8 Å². The summed E-state index contributed by atoms with van der Waals surface area (Å²) in [6, 6.07) is 8.64. The number of nitrogens with one attached hydrogen (secondary N) is 1. The Kier molecular flexibility index (Phi) is 4.70. The van der Waals surface area contributed by atoms with Crippen LogP contribution >= 0.6 is 0 Å². The van der Waals surface area contributed by atoms with E-state index in [1.807, 2.05) is 26.2 Å². The first-order chi connectivity index (χ1) is 14.5. The number of fused-ring (bicyclic) bond motifs is 2. The first kappa shape index (κ1) is 19.1. The minimum absolute atomic E-state index is 0.0858. The third-order valence-electron chi connectivity index (χ3n) is 6.26. The van der Waals surface area contributed by atoms with E-state index in [0.717, 1.165) is 41.7 Å². The van der Waals surface area contributed by atoms with E-state index in [4.69, 9.17) is 9.72 Å². The van der Waals surface area contributed by atoms with Gasteiger partial charge in [0, 0.05) is 50.8 Å². The summed E-state index contributed by atoms with van der Waals surface area (Å²) in [6.45, 7) is 4.71. The van der Waals surface area contributed by atoms with E-state index in [-0.39, 0.29) is 17.9 Å². The minimum atomic E-state index is -0.118. The van der Waals surface area contributed by atoms with Crippen molar-refractivity contribution in [2.75, 3.05) is 20.1 Å². The van der Waals surface area contributed by atoms with Crippen LogP contribution in [0.15, 0.2) is 30.5 Å². The molecule has 1 saturated heterocycles. The molecule has 0 spiro atoms. The summed E-state index contributed by atoms with van der Waals surface area (Å²) < 4.78 is 8.09. The van der Waals surface area contributed by atoms with Crippen molar-refractivity contribution in [3.63, 3.8) is 0 Å². The van der Waals surface area contributed by atoms with Gasteiger partial charge in [-0.3, -0.25) is 9.48 Å². The fourth-order valence-corrected chi connectivity index (χ4v) is 4.44. The van der Waals surface area contributed by atoms with Crippen molar-refractivity contribution in [1.82, 2.24) is 25.0 Å². The zero-order valence-corrected chi connectivity index (χ0v) is 17.7. The van der Waals surface area contributed by atoms with Crippen molar-refractivity contribution in [3.8, 4) is 17.1 Å². The fraction of sp³-hybridized carbons (Fsp3) is 0.435. The molecule has 2 unspecified atom stereocenters. The number of ether oxygens (including phenoxy) is 1. The van der Waals surface area contributed by atoms with E-state index in [0.29, 0.717) is 18.8 Å². The Morgan fingerprint density at radius 1 is 1.23 bits per heavy atom. The third kappa shape index (κ3) is 3.54. The summed E-state index contributed by atoms with van der Waals surface area (Å²) >= 11 is 0. The van der Waals surface area contributed by atoms with Gasteiger partial charge in [0.2, 0.25) is 11.8 Å². The second-order valence-corrected chi connectivity index (χ2v) is 8.61. The van der Waals surface area contributed by atoms with Crippen molar-refractivity contribution in [2.24, 2.45) is 13.0 Å². The Labute approximate surface area is 176 Å². The Bertz CT molecular complexity index is 1120. The Hall–Kier alpha value is -2.93. The number of nitrogens with zero attached hydrogens (tertiary/aromatic N) is 4. The summed E-state index contributed by atoms with van der Waals surface area (Å²) in [5, 5.41) is 8.38. The highest BCUT2D eigenvalue weighted by Gasteiger charge is 2.29. The molecule has 2 aliphatic heterocycles. The lowest BCUT2D eigenvalue weighted by Gasteiger charge is -2.25. The lowest BCUT2D eigenvalue weighted by atomic mass is 9.96. The number of carbonyl (C=O) groups is 1. The number of amides is 1. The average molecular weight is 406 g/mol. The number of carbonyl (C=O) groups excluding carboxylic acids is 1. The lowest BCUT2D eigenvalue weighted by Crippen LogP contribution is -2.26. The Morgan fingerprint density at radius 2 is 2.10 bits per heavy atom. The zero-order chi connectivity index (χ0) is 20.8. The molecule has 5 rings (SSSR count). The summed E-state index contributed by atoms with van der Waals surface area (Å²) in [6.07, 6.45) is 3.40. The first-order valence-corrected chi connectivity index (χ1v) is 10.5. The van der Waals surface area contributed by atoms with E-state index < -0.39 is 0 Å². The average Bonchev–Trinajstić information content (AvgIpc) is 3.32. The SMILES string of the molecule is CC(Oc1nc(-c2ccc3c(c2)CN(C)CC3)cc2nn(C)cc12)C1CNC(=O)C1. The second kappa shape index (κ2) is 7.40. The van der Waals surface area contributed by atoms with Crippen molar-refractivity contribution in [2.45, 2.75) is 32.4 Å². The highest BCUT2D eigenvalue weighted by molar-refractivity contribution is 5.87. The summed E-state index contributed by atoms with van der Waals surface area (Å²) in [5.74, 6) is 0.814. The molecule has 1 N–H and O–H groups in total. The smallest absolute Gasteiger partial charge is 0.225 e. The van der Waals surface area contributed by atoms with Crippen LogP contribution in [0.4, 0.5) is 0 Å². The molecule has 7 heteroatoms. The number of hydrogen-bond acceptors (Lipinski definition) is 5. The number of aromatic nitrogens is 3. The quantitative estimate of drug-likeness (QED) is 0.722. The van der Waals surface area contributed by atoms with Crippen LogP contribution in [0, 0.1) is 5.92 Å². The molecule has 1 amide bonds. The molecule has 0 bridgehead atoms. The van der Waals surface area contributed by atoms with Crippen LogP contribution in [0.3, 0.4) is 0 Å². The van der Waals surface area contributed by atoms with Gasteiger partial charge in [0.15, 0.2) is 0 Å². The molecular weight excluding hydrogens is 378 g/mol. The molecule has 0 aliphatic carbocycles. The molecule has 2 aliphatic rings. The molecule has 2 aromatic heterocycles. The largest absolute Gasteiger partial charge is 0.474 e. The highest BCUT2D eigenvalue weighted by atomic mass is 16.5. The van der Waals surface area contributed by atoms with Crippen LogP contribution in [-0.2, 0) is 24.8 Å². The van der Waals surface area contributed by atoms with E-state index in [9.17, 15) is 4.79 Å². The number of aryl methyl sites for hydroxylation is 1. The number of pyridine rings is 1. The molecule has 7 nitrogen and oxygen atoms in total. The van der Waals surface area contributed by atoms with Crippen LogP contribution in [-0.4, -0.2) is 51.8 Å². The highest BCUT2D eigenvalue weighted by Crippen LogP contribution is 2.32. The lowest BCUT2D eigenvalue weighted by molar-refractivity contribution is -0.119. The molecule has 1 aromatic carbocycles. The number of benzene rings is 1. The fourth-order valence-electron chi connectivity index (χ4n) is 4.44. The molecule has 30 heavy (non-hydrogen) atoms. The molecular formula is C23H27N5O2. The standard InChI is InChI=1S/C23H27N5O2/c1-14(17-9-22(29)24-11-17)30-23-19-13-28(3)26-21(19)10-20(25-23)16-5-4-15-6-7-27(2)12-18(15)8-16/h4-5,8,10,13-14,17H,6-7,9,11-12H2,1-3H3,(H,24,29). The van der Waals surface area contributed by atoms with E-state index in [1.54, 1.807) is 4.68 Å². The maximum atomic E-state index is 11.6. The van der Waals surface area contributed by atoms with Crippen LogP contribution in [0.5, 0.6) is 5.88 Å². The zero-order valence-electron chi connectivity index (χ0n) is 17.7. The van der Waals surface area contributed by atoms with Crippen LogP contribution < -0.4 is 10.1 Å². The van der Waals surface area contributed by atoms with Gasteiger partial charge >= 0.3 is 0 Å². The predicted octanol–water partition coefficient (Wildman–Crippen LogP) is 2.53. The molecule has 0 saturated carbocycles. The van der Waals surface area contributed by atoms with Gasteiger partial charge in [-0.25, -0.2) is 4.98 Å². The molecule has 2 atom stereocenters. The first-order valence-electron chi connectivity index (χ1n) is 10.5.